The van der Waals surface area contributed by atoms with Crippen LogP contribution in [0.1, 0.15) is 6.92 Å². The van der Waals surface area contributed by atoms with E-state index in [2.05, 4.69) is 5.32 Å². The van der Waals surface area contributed by atoms with Gasteiger partial charge in [0.15, 0.2) is 11.5 Å². The number of carbonyl (C=O) groups excluding carboxylic acids is 2. The van der Waals surface area contributed by atoms with E-state index < -0.39 is 12.2 Å². The Morgan fingerprint density at radius 2 is 2.22 bits per heavy atom. The summed E-state index contributed by atoms with van der Waals surface area (Å²) in [6, 6.07) is 5.26. The zero-order chi connectivity index (χ0) is 16.2. The van der Waals surface area contributed by atoms with Crippen LogP contribution in [0.15, 0.2) is 18.2 Å². The lowest BCUT2D eigenvalue weighted by Crippen LogP contribution is -2.36. The fourth-order valence-corrected chi connectivity index (χ4v) is 2.37. The Bertz CT molecular complexity index is 606. The number of nitrogens with one attached hydrogen (secondary N) is 1. The number of hydrogen-bond donors (Lipinski definition) is 1. The summed E-state index contributed by atoms with van der Waals surface area (Å²) in [5.74, 6) is 1.02. The van der Waals surface area contributed by atoms with Crippen molar-refractivity contribution in [2.75, 3.05) is 38.0 Å². The molecule has 0 saturated carbocycles. The molecule has 0 aliphatic carbocycles. The Hall–Kier alpha value is -2.48. The van der Waals surface area contributed by atoms with E-state index in [1.54, 1.807) is 18.2 Å². The SMILES string of the molecule is CCOCC(=O)NC[C@H]1CN(c2ccc3c(c2)OCO3)C(=O)O1. The fraction of sp³-hybridized carbons (Fsp3) is 0.467. The first-order chi connectivity index (χ1) is 11.2. The van der Waals surface area contributed by atoms with Gasteiger partial charge in [0.25, 0.3) is 0 Å². The van der Waals surface area contributed by atoms with Crippen LogP contribution in [0.25, 0.3) is 0 Å². The van der Waals surface area contributed by atoms with Gasteiger partial charge < -0.3 is 24.3 Å². The molecule has 1 saturated heterocycles. The zero-order valence-corrected chi connectivity index (χ0v) is 12.7. The third-order valence-electron chi connectivity index (χ3n) is 3.51. The third kappa shape index (κ3) is 3.48. The lowest BCUT2D eigenvalue weighted by atomic mass is 10.2. The van der Waals surface area contributed by atoms with Gasteiger partial charge in [0.05, 0.1) is 18.8 Å². The van der Waals surface area contributed by atoms with Gasteiger partial charge in [-0.05, 0) is 19.1 Å². The van der Waals surface area contributed by atoms with Crippen LogP contribution in [-0.2, 0) is 14.3 Å². The van der Waals surface area contributed by atoms with Crippen molar-refractivity contribution in [1.29, 1.82) is 0 Å². The van der Waals surface area contributed by atoms with Crippen LogP contribution < -0.4 is 19.7 Å². The molecule has 0 unspecified atom stereocenters. The standard InChI is InChI=1S/C15H18N2O6/c1-2-20-8-14(18)16-6-11-7-17(15(19)23-11)10-3-4-12-13(5-10)22-9-21-12/h3-5,11H,2,6-9H2,1H3,(H,16,18)/t11-/m0/s1. The summed E-state index contributed by atoms with van der Waals surface area (Å²) < 4.78 is 20.8. The number of benzene rings is 1. The lowest BCUT2D eigenvalue weighted by molar-refractivity contribution is -0.125. The second-order valence-corrected chi connectivity index (χ2v) is 5.10. The maximum atomic E-state index is 12.0. The number of nitrogens with zero attached hydrogens (tertiary/aromatic N) is 1. The van der Waals surface area contributed by atoms with E-state index in [1.165, 1.54) is 4.90 Å². The highest BCUT2D eigenvalue weighted by Crippen LogP contribution is 2.36. The second-order valence-electron chi connectivity index (χ2n) is 5.10. The monoisotopic (exact) mass is 322 g/mol. The van der Waals surface area contributed by atoms with Gasteiger partial charge in [0.1, 0.15) is 12.7 Å². The summed E-state index contributed by atoms with van der Waals surface area (Å²) in [7, 11) is 0. The molecule has 2 heterocycles. The first-order valence-corrected chi connectivity index (χ1v) is 7.39. The van der Waals surface area contributed by atoms with Crippen LogP contribution in [0.3, 0.4) is 0 Å². The van der Waals surface area contributed by atoms with Gasteiger partial charge in [-0.1, -0.05) is 0 Å². The van der Waals surface area contributed by atoms with Gasteiger partial charge in [-0.2, -0.15) is 0 Å². The average Bonchev–Trinajstić information content (AvgIpc) is 3.16. The number of fused-ring (bicyclic) bond motifs is 1. The van der Waals surface area contributed by atoms with Crippen LogP contribution in [0.4, 0.5) is 10.5 Å². The summed E-state index contributed by atoms with van der Waals surface area (Å²) in [6.45, 7) is 3.08. The maximum absolute atomic E-state index is 12.0. The van der Waals surface area contributed by atoms with Crippen molar-refractivity contribution in [1.82, 2.24) is 5.32 Å². The van der Waals surface area contributed by atoms with Crippen molar-refractivity contribution in [3.63, 3.8) is 0 Å². The number of ether oxygens (including phenoxy) is 4. The lowest BCUT2D eigenvalue weighted by Gasteiger charge is -2.13. The van der Waals surface area contributed by atoms with Gasteiger partial charge in [0.2, 0.25) is 12.7 Å². The van der Waals surface area contributed by atoms with Crippen LogP contribution >= 0.6 is 0 Å². The molecule has 0 radical (unpaired) electrons. The minimum atomic E-state index is -0.451. The number of carbonyl (C=O) groups is 2. The first kappa shape index (κ1) is 15.4. The number of cyclic esters (lactones) is 1. The number of hydrogen-bond acceptors (Lipinski definition) is 6. The molecule has 0 spiro atoms. The zero-order valence-electron chi connectivity index (χ0n) is 12.7. The molecule has 0 aromatic heterocycles. The molecule has 124 valence electrons. The molecule has 2 amide bonds. The Balaban J connectivity index is 1.56. The molecule has 2 aliphatic heterocycles. The molecule has 3 rings (SSSR count). The summed E-state index contributed by atoms with van der Waals surface area (Å²) in [6.07, 6.45) is -0.855. The number of anilines is 1. The van der Waals surface area contributed by atoms with Crippen LogP contribution in [0.5, 0.6) is 11.5 Å². The predicted molar refractivity (Wildman–Crippen MR) is 79.7 cm³/mol. The van der Waals surface area contributed by atoms with Gasteiger partial charge in [-0.3, -0.25) is 9.69 Å². The van der Waals surface area contributed by atoms with E-state index in [9.17, 15) is 9.59 Å². The summed E-state index contributed by atoms with van der Waals surface area (Å²) >= 11 is 0. The van der Waals surface area contributed by atoms with E-state index in [4.69, 9.17) is 18.9 Å². The molecule has 23 heavy (non-hydrogen) atoms. The molecular formula is C15H18N2O6. The van der Waals surface area contributed by atoms with Crippen molar-refractivity contribution in [2.24, 2.45) is 0 Å². The van der Waals surface area contributed by atoms with E-state index in [-0.39, 0.29) is 25.9 Å². The molecular weight excluding hydrogens is 304 g/mol. The molecule has 8 heteroatoms. The van der Waals surface area contributed by atoms with Gasteiger partial charge in [-0.15, -0.1) is 0 Å². The molecule has 1 fully saturated rings. The number of rotatable bonds is 6. The third-order valence-corrected chi connectivity index (χ3v) is 3.51. The number of amides is 2. The van der Waals surface area contributed by atoms with Crippen molar-refractivity contribution < 1.29 is 28.5 Å². The highest BCUT2D eigenvalue weighted by atomic mass is 16.7. The highest BCUT2D eigenvalue weighted by molar-refractivity contribution is 5.90. The Morgan fingerprint density at radius 3 is 3.04 bits per heavy atom. The molecule has 1 aromatic carbocycles. The quantitative estimate of drug-likeness (QED) is 0.837. The Kier molecular flexibility index (Phi) is 4.52. The Morgan fingerprint density at radius 1 is 1.39 bits per heavy atom. The van der Waals surface area contributed by atoms with E-state index in [0.29, 0.717) is 30.3 Å². The average molecular weight is 322 g/mol. The highest BCUT2D eigenvalue weighted by Gasteiger charge is 2.33. The van der Waals surface area contributed by atoms with Gasteiger partial charge in [0, 0.05) is 12.7 Å². The largest absolute Gasteiger partial charge is 0.454 e. The van der Waals surface area contributed by atoms with Crippen molar-refractivity contribution in [2.45, 2.75) is 13.0 Å². The molecule has 1 N–H and O–H groups in total. The summed E-state index contributed by atoms with van der Waals surface area (Å²) in [5, 5.41) is 2.68. The first-order valence-electron chi connectivity index (χ1n) is 7.39. The van der Waals surface area contributed by atoms with Crippen molar-refractivity contribution in [3.8, 4) is 11.5 Å². The fourth-order valence-electron chi connectivity index (χ4n) is 2.37. The Labute approximate surface area is 133 Å². The molecule has 0 bridgehead atoms. The van der Waals surface area contributed by atoms with E-state index >= 15 is 0 Å². The topological polar surface area (TPSA) is 86.3 Å². The molecule has 8 nitrogen and oxygen atoms in total. The normalized spacial score (nSPS) is 18.9. The summed E-state index contributed by atoms with van der Waals surface area (Å²) in [4.78, 5) is 25.0. The minimum Gasteiger partial charge on any atom is -0.454 e. The molecule has 2 aliphatic rings. The van der Waals surface area contributed by atoms with E-state index in [1.807, 2.05) is 6.92 Å². The second kappa shape index (κ2) is 6.74. The van der Waals surface area contributed by atoms with Gasteiger partial charge in [-0.25, -0.2) is 4.79 Å². The maximum Gasteiger partial charge on any atom is 0.414 e. The summed E-state index contributed by atoms with van der Waals surface area (Å²) in [5.41, 5.74) is 0.669. The van der Waals surface area contributed by atoms with Crippen molar-refractivity contribution >= 4 is 17.7 Å². The van der Waals surface area contributed by atoms with Crippen LogP contribution in [0, 0.1) is 0 Å². The molecule has 1 atom stereocenters. The van der Waals surface area contributed by atoms with E-state index in [0.717, 1.165) is 0 Å². The smallest absolute Gasteiger partial charge is 0.414 e. The molecule has 1 aromatic rings. The minimum absolute atomic E-state index is 0.00302. The predicted octanol–water partition coefficient (Wildman–Crippen LogP) is 0.893. The van der Waals surface area contributed by atoms with Crippen LogP contribution in [0.2, 0.25) is 0 Å². The van der Waals surface area contributed by atoms with Crippen molar-refractivity contribution in [3.05, 3.63) is 18.2 Å². The van der Waals surface area contributed by atoms with Crippen LogP contribution in [-0.4, -0.2) is 51.2 Å². The van der Waals surface area contributed by atoms with Gasteiger partial charge >= 0.3 is 6.09 Å².